The Hall–Kier alpha value is -1.22. The topological polar surface area (TPSA) is 55.5 Å². The van der Waals surface area contributed by atoms with Crippen molar-refractivity contribution in [1.29, 1.82) is 0 Å². The van der Waals surface area contributed by atoms with Gasteiger partial charge in [-0.3, -0.25) is 0 Å². The molecule has 0 saturated heterocycles. The third-order valence-corrected chi connectivity index (χ3v) is 2.30. The molecule has 3 nitrogen and oxygen atoms in total. The molecule has 0 radical (unpaired) electrons. The van der Waals surface area contributed by atoms with Crippen LogP contribution in [0.15, 0.2) is 18.2 Å². The average Bonchev–Trinajstić information content (AvgIpc) is 2.15. The van der Waals surface area contributed by atoms with Crippen molar-refractivity contribution in [3.05, 3.63) is 23.8 Å². The third kappa shape index (κ3) is 3.80. The highest BCUT2D eigenvalue weighted by Crippen LogP contribution is 2.27. The smallest absolute Gasteiger partial charge is 0.160 e. The van der Waals surface area contributed by atoms with Crippen LogP contribution in [-0.4, -0.2) is 17.8 Å². The van der Waals surface area contributed by atoms with Crippen molar-refractivity contribution < 1.29 is 9.84 Å². The van der Waals surface area contributed by atoms with Crippen LogP contribution in [-0.2, 0) is 6.42 Å². The Bertz CT molecular complexity index is 329. The molecule has 0 amide bonds. The maximum absolute atomic E-state index is 9.41. The summed E-state index contributed by atoms with van der Waals surface area (Å²) in [5.74, 6) is 0.690. The highest BCUT2D eigenvalue weighted by Gasteiger charge is 2.11. The van der Waals surface area contributed by atoms with Gasteiger partial charge in [-0.15, -0.1) is 0 Å². The molecule has 1 aromatic rings. The molecule has 15 heavy (non-hydrogen) atoms. The Morgan fingerprint density at radius 2 is 2.07 bits per heavy atom. The van der Waals surface area contributed by atoms with Crippen molar-refractivity contribution in [3.63, 3.8) is 0 Å². The van der Waals surface area contributed by atoms with Crippen molar-refractivity contribution in [2.45, 2.75) is 32.2 Å². The van der Waals surface area contributed by atoms with Gasteiger partial charge in [0.2, 0.25) is 0 Å². The van der Waals surface area contributed by atoms with Gasteiger partial charge in [0, 0.05) is 5.54 Å². The molecular formula is C12H19NO2. The van der Waals surface area contributed by atoms with Gasteiger partial charge in [0.05, 0.1) is 7.11 Å². The summed E-state index contributed by atoms with van der Waals surface area (Å²) in [6, 6.07) is 5.39. The summed E-state index contributed by atoms with van der Waals surface area (Å²) in [5.41, 5.74) is 6.87. The number of hydrogen-bond donors (Lipinski definition) is 2. The number of phenolic OH excluding ortho intramolecular Hbond substituents is 1. The zero-order chi connectivity index (χ0) is 11.5. The van der Waals surface area contributed by atoms with Crippen LogP contribution in [0.2, 0.25) is 0 Å². The molecule has 0 heterocycles. The molecule has 0 bridgehead atoms. The molecule has 1 aromatic carbocycles. The third-order valence-electron chi connectivity index (χ3n) is 2.30. The molecule has 84 valence electrons. The standard InChI is InChI=1S/C12H19NO2/c1-12(2,13)7-6-9-4-5-10(14)11(8-9)15-3/h4-5,8,14H,6-7,13H2,1-3H3. The Morgan fingerprint density at radius 3 is 2.60 bits per heavy atom. The van der Waals surface area contributed by atoms with E-state index in [0.29, 0.717) is 5.75 Å². The first kappa shape index (κ1) is 11.9. The summed E-state index contributed by atoms with van der Waals surface area (Å²) in [5, 5.41) is 9.41. The lowest BCUT2D eigenvalue weighted by Crippen LogP contribution is -2.32. The van der Waals surface area contributed by atoms with E-state index in [0.717, 1.165) is 18.4 Å². The number of hydrogen-bond acceptors (Lipinski definition) is 3. The summed E-state index contributed by atoms with van der Waals surface area (Å²) in [6.45, 7) is 4.01. The van der Waals surface area contributed by atoms with Crippen molar-refractivity contribution in [2.75, 3.05) is 7.11 Å². The van der Waals surface area contributed by atoms with Crippen LogP contribution in [0.1, 0.15) is 25.8 Å². The summed E-state index contributed by atoms with van der Waals surface area (Å²) < 4.78 is 5.04. The second-order valence-corrected chi connectivity index (χ2v) is 4.49. The molecule has 0 spiro atoms. The van der Waals surface area contributed by atoms with Crippen LogP contribution >= 0.6 is 0 Å². The largest absolute Gasteiger partial charge is 0.504 e. The first-order chi connectivity index (χ1) is 6.92. The number of benzene rings is 1. The SMILES string of the molecule is COc1cc(CCC(C)(C)N)ccc1O. The van der Waals surface area contributed by atoms with Crippen molar-refractivity contribution in [3.8, 4) is 11.5 Å². The molecule has 0 unspecified atom stereocenters. The van der Waals surface area contributed by atoms with Gasteiger partial charge in [-0.25, -0.2) is 0 Å². The van der Waals surface area contributed by atoms with E-state index < -0.39 is 0 Å². The molecule has 0 aliphatic rings. The maximum Gasteiger partial charge on any atom is 0.160 e. The Balaban J connectivity index is 2.70. The van der Waals surface area contributed by atoms with E-state index in [1.165, 1.54) is 0 Å². The predicted octanol–water partition coefficient (Wildman–Crippen LogP) is 2.07. The van der Waals surface area contributed by atoms with E-state index in [2.05, 4.69) is 0 Å². The fraction of sp³-hybridized carbons (Fsp3) is 0.500. The molecule has 0 fully saturated rings. The van der Waals surface area contributed by atoms with Crippen molar-refractivity contribution >= 4 is 0 Å². The van der Waals surface area contributed by atoms with Crippen LogP contribution in [0.5, 0.6) is 11.5 Å². The average molecular weight is 209 g/mol. The minimum absolute atomic E-state index is 0.162. The molecule has 0 saturated carbocycles. The fourth-order valence-corrected chi connectivity index (χ4v) is 1.34. The molecule has 3 heteroatoms. The molecule has 0 aliphatic heterocycles. The number of rotatable bonds is 4. The molecular weight excluding hydrogens is 190 g/mol. The highest BCUT2D eigenvalue weighted by atomic mass is 16.5. The van der Waals surface area contributed by atoms with Gasteiger partial charge in [-0.2, -0.15) is 0 Å². The molecule has 0 aromatic heterocycles. The monoisotopic (exact) mass is 209 g/mol. The van der Waals surface area contributed by atoms with Crippen LogP contribution in [0, 0.1) is 0 Å². The zero-order valence-electron chi connectivity index (χ0n) is 9.58. The van der Waals surface area contributed by atoms with Gasteiger partial charge in [-0.1, -0.05) is 6.07 Å². The van der Waals surface area contributed by atoms with E-state index >= 15 is 0 Å². The minimum atomic E-state index is -0.162. The second-order valence-electron chi connectivity index (χ2n) is 4.49. The minimum Gasteiger partial charge on any atom is -0.504 e. The number of ether oxygens (including phenoxy) is 1. The molecule has 0 aliphatic carbocycles. The van der Waals surface area contributed by atoms with Crippen LogP contribution in [0.3, 0.4) is 0 Å². The van der Waals surface area contributed by atoms with E-state index in [1.807, 2.05) is 26.0 Å². The predicted molar refractivity (Wildman–Crippen MR) is 61.2 cm³/mol. The van der Waals surface area contributed by atoms with Crippen molar-refractivity contribution in [1.82, 2.24) is 0 Å². The lowest BCUT2D eigenvalue weighted by Gasteiger charge is -2.18. The van der Waals surface area contributed by atoms with Gasteiger partial charge in [0.25, 0.3) is 0 Å². The lowest BCUT2D eigenvalue weighted by atomic mass is 9.96. The lowest BCUT2D eigenvalue weighted by molar-refractivity contribution is 0.372. The van der Waals surface area contributed by atoms with E-state index in [1.54, 1.807) is 13.2 Å². The highest BCUT2D eigenvalue weighted by molar-refractivity contribution is 5.41. The van der Waals surface area contributed by atoms with Gasteiger partial charge in [0.15, 0.2) is 11.5 Å². The number of methoxy groups -OCH3 is 1. The fourth-order valence-electron chi connectivity index (χ4n) is 1.34. The number of aromatic hydroxyl groups is 1. The Morgan fingerprint density at radius 1 is 1.40 bits per heavy atom. The number of phenols is 1. The molecule has 3 N–H and O–H groups in total. The summed E-state index contributed by atoms with van der Waals surface area (Å²) >= 11 is 0. The second kappa shape index (κ2) is 4.53. The first-order valence-corrected chi connectivity index (χ1v) is 5.07. The summed E-state index contributed by atoms with van der Waals surface area (Å²) in [4.78, 5) is 0. The quantitative estimate of drug-likeness (QED) is 0.798. The van der Waals surface area contributed by atoms with E-state index in [4.69, 9.17) is 10.5 Å². The number of nitrogens with two attached hydrogens (primary N) is 1. The Labute approximate surface area is 90.9 Å². The summed E-state index contributed by atoms with van der Waals surface area (Å²) in [6.07, 6.45) is 1.79. The van der Waals surface area contributed by atoms with Crippen LogP contribution in [0.25, 0.3) is 0 Å². The van der Waals surface area contributed by atoms with Gasteiger partial charge in [0.1, 0.15) is 0 Å². The maximum atomic E-state index is 9.41. The van der Waals surface area contributed by atoms with E-state index in [9.17, 15) is 5.11 Å². The van der Waals surface area contributed by atoms with Gasteiger partial charge >= 0.3 is 0 Å². The summed E-state index contributed by atoms with van der Waals surface area (Å²) in [7, 11) is 1.55. The van der Waals surface area contributed by atoms with Crippen LogP contribution in [0.4, 0.5) is 0 Å². The first-order valence-electron chi connectivity index (χ1n) is 5.07. The van der Waals surface area contributed by atoms with Gasteiger partial charge in [-0.05, 0) is 44.4 Å². The van der Waals surface area contributed by atoms with Gasteiger partial charge < -0.3 is 15.6 Å². The zero-order valence-corrected chi connectivity index (χ0v) is 9.58. The number of aryl methyl sites for hydroxylation is 1. The molecule has 0 atom stereocenters. The Kier molecular flexibility index (Phi) is 3.58. The molecule has 1 rings (SSSR count). The normalized spacial score (nSPS) is 11.5. The van der Waals surface area contributed by atoms with Crippen molar-refractivity contribution in [2.24, 2.45) is 5.73 Å². The van der Waals surface area contributed by atoms with E-state index in [-0.39, 0.29) is 11.3 Å². The van der Waals surface area contributed by atoms with Crippen LogP contribution < -0.4 is 10.5 Å².